The molecule has 1 aliphatic heterocycles. The van der Waals surface area contributed by atoms with E-state index >= 15 is 0 Å². The lowest BCUT2D eigenvalue weighted by atomic mass is 10.8. The normalized spacial score (nSPS) is 27.3. The number of ether oxygens (including phenoxy) is 1. The Bertz CT molecular complexity index is 112. The second-order valence-electron chi connectivity index (χ2n) is 1.61. The summed E-state index contributed by atoms with van der Waals surface area (Å²) in [5.74, 6) is 1.62. The van der Waals surface area contributed by atoms with Crippen LogP contribution in [-0.4, -0.2) is 18.5 Å². The van der Waals surface area contributed by atoms with Gasteiger partial charge in [-0.1, -0.05) is 0 Å². The van der Waals surface area contributed by atoms with Crippen molar-refractivity contribution in [3.63, 3.8) is 0 Å². The van der Waals surface area contributed by atoms with Crippen molar-refractivity contribution in [3.8, 4) is 0 Å². The summed E-state index contributed by atoms with van der Waals surface area (Å²) in [4.78, 5) is 0. The van der Waals surface area contributed by atoms with Crippen molar-refractivity contribution in [1.82, 2.24) is 5.32 Å². The molecule has 0 bridgehead atoms. The fraction of sp³-hybridized carbons (Fsp3) is 0.750. The molecule has 1 heterocycles. The van der Waals surface area contributed by atoms with Gasteiger partial charge in [-0.3, -0.25) is 10.1 Å². The van der Waals surface area contributed by atoms with Crippen LogP contribution in [0.15, 0.2) is 0 Å². The zero-order valence-electron chi connectivity index (χ0n) is 4.81. The molecule has 59 valence electrons. The van der Waals surface area contributed by atoms with Gasteiger partial charge in [0, 0.05) is 12.3 Å². The maximum absolute atomic E-state index is 11.4. The van der Waals surface area contributed by atoms with E-state index in [0.29, 0.717) is 6.54 Å². The van der Waals surface area contributed by atoms with Crippen molar-refractivity contribution in [2.24, 2.45) is 0 Å². The third kappa shape index (κ3) is 2.76. The minimum Gasteiger partial charge on any atom is -0.282 e. The van der Waals surface area contributed by atoms with Crippen LogP contribution in [0.1, 0.15) is 0 Å². The molecule has 0 spiro atoms. The van der Waals surface area contributed by atoms with Gasteiger partial charge < -0.3 is 0 Å². The Morgan fingerprint density at radius 1 is 1.60 bits per heavy atom. The van der Waals surface area contributed by atoms with E-state index in [-0.39, 0.29) is 0 Å². The molecule has 1 N–H and O–H groups in total. The van der Waals surface area contributed by atoms with Crippen molar-refractivity contribution in [3.05, 3.63) is 5.75 Å². The molecule has 0 aliphatic carbocycles. The summed E-state index contributed by atoms with van der Waals surface area (Å²) in [6.45, 7) is 0.450. The third-order valence-electron chi connectivity index (χ3n) is 0.828. The van der Waals surface area contributed by atoms with Crippen LogP contribution < -0.4 is 5.32 Å². The maximum atomic E-state index is 11.4. The first-order valence-electron chi connectivity index (χ1n) is 2.53. The summed E-state index contributed by atoms with van der Waals surface area (Å²) in [5.41, 5.74) is -0.958. The van der Waals surface area contributed by atoms with E-state index in [9.17, 15) is 13.2 Å². The molecular weight excluding hydrogens is 167 g/mol. The Hall–Kier alpha value is 0.0600. The van der Waals surface area contributed by atoms with Gasteiger partial charge in [-0.25, -0.2) is 0 Å². The van der Waals surface area contributed by atoms with Crippen LogP contribution in [0.4, 0.5) is 13.2 Å². The van der Waals surface area contributed by atoms with E-state index in [2.05, 4.69) is 10.1 Å². The maximum Gasteiger partial charge on any atom is 0.524 e. The molecule has 1 unspecified atom stereocenters. The van der Waals surface area contributed by atoms with E-state index in [1.807, 2.05) is 0 Å². The Balaban J connectivity index is 2.24. The molecule has 0 aromatic carbocycles. The van der Waals surface area contributed by atoms with Crippen LogP contribution in [0.3, 0.4) is 0 Å². The number of thioether (sulfide) groups is 1. The standard InChI is InChI=1S/C4H5F3NOS/c5-4(6,7)9-3-8-1-2-10-3/h2-3,8H,1H2. The zero-order chi connectivity index (χ0) is 7.61. The van der Waals surface area contributed by atoms with Gasteiger partial charge in [0.2, 0.25) is 0 Å². The summed E-state index contributed by atoms with van der Waals surface area (Å²) in [6.07, 6.45) is -4.54. The second-order valence-corrected chi connectivity index (χ2v) is 2.64. The summed E-state index contributed by atoms with van der Waals surface area (Å²) in [6, 6.07) is 0. The van der Waals surface area contributed by atoms with E-state index in [1.54, 1.807) is 5.75 Å². The van der Waals surface area contributed by atoms with Gasteiger partial charge in [-0.05, 0) is 0 Å². The SMILES string of the molecule is FC(F)(F)OC1NC[CH]S1. The van der Waals surface area contributed by atoms with Gasteiger partial charge in [0.1, 0.15) is 0 Å². The summed E-state index contributed by atoms with van der Waals surface area (Å²) in [7, 11) is 0. The fourth-order valence-corrected chi connectivity index (χ4v) is 1.24. The molecule has 1 radical (unpaired) electrons. The zero-order valence-corrected chi connectivity index (χ0v) is 5.63. The monoisotopic (exact) mass is 172 g/mol. The number of rotatable bonds is 1. The molecule has 1 aliphatic rings. The summed E-state index contributed by atoms with van der Waals surface area (Å²) < 4.78 is 37.9. The van der Waals surface area contributed by atoms with Crippen molar-refractivity contribution in [1.29, 1.82) is 0 Å². The van der Waals surface area contributed by atoms with Crippen molar-refractivity contribution >= 4 is 11.8 Å². The molecule has 1 atom stereocenters. The Morgan fingerprint density at radius 3 is 2.70 bits per heavy atom. The predicted molar refractivity (Wildman–Crippen MR) is 30.8 cm³/mol. The Kier molecular flexibility index (Phi) is 2.43. The smallest absolute Gasteiger partial charge is 0.282 e. The van der Waals surface area contributed by atoms with Crippen molar-refractivity contribution in [2.45, 2.75) is 11.9 Å². The first-order chi connectivity index (χ1) is 4.58. The molecule has 1 saturated heterocycles. The van der Waals surface area contributed by atoms with Crippen LogP contribution in [-0.2, 0) is 4.74 Å². The van der Waals surface area contributed by atoms with E-state index in [1.165, 1.54) is 0 Å². The number of hydrogen-bond acceptors (Lipinski definition) is 3. The van der Waals surface area contributed by atoms with Crippen LogP contribution in [0.25, 0.3) is 0 Å². The number of halogens is 3. The van der Waals surface area contributed by atoms with Crippen LogP contribution in [0.5, 0.6) is 0 Å². The van der Waals surface area contributed by atoms with Gasteiger partial charge >= 0.3 is 6.36 Å². The molecule has 0 aromatic heterocycles. The first-order valence-corrected chi connectivity index (χ1v) is 3.47. The molecule has 6 heteroatoms. The molecule has 0 aromatic rings. The topological polar surface area (TPSA) is 21.3 Å². The summed E-state index contributed by atoms with van der Waals surface area (Å²) >= 11 is 0.991. The van der Waals surface area contributed by atoms with Crippen molar-refractivity contribution < 1.29 is 17.9 Å². The van der Waals surface area contributed by atoms with E-state index < -0.39 is 11.9 Å². The van der Waals surface area contributed by atoms with Gasteiger partial charge in [-0.2, -0.15) is 0 Å². The second kappa shape index (κ2) is 2.98. The number of nitrogens with one attached hydrogen (secondary N) is 1. The molecule has 0 amide bonds. The highest BCUT2D eigenvalue weighted by atomic mass is 32.2. The highest BCUT2D eigenvalue weighted by Gasteiger charge is 2.34. The minimum absolute atomic E-state index is 0.450. The lowest BCUT2D eigenvalue weighted by molar-refractivity contribution is -0.332. The quantitative estimate of drug-likeness (QED) is 0.644. The van der Waals surface area contributed by atoms with Gasteiger partial charge in [0.15, 0.2) is 5.56 Å². The number of alkyl halides is 3. The highest BCUT2D eigenvalue weighted by molar-refractivity contribution is 8.01. The van der Waals surface area contributed by atoms with Crippen molar-refractivity contribution in [2.75, 3.05) is 6.54 Å². The van der Waals surface area contributed by atoms with E-state index in [0.717, 1.165) is 11.8 Å². The average molecular weight is 172 g/mol. The largest absolute Gasteiger partial charge is 0.524 e. The fourth-order valence-electron chi connectivity index (χ4n) is 0.519. The molecule has 1 fully saturated rings. The lowest BCUT2D eigenvalue weighted by Gasteiger charge is -2.12. The minimum atomic E-state index is -4.54. The van der Waals surface area contributed by atoms with Gasteiger partial charge in [-0.15, -0.1) is 24.9 Å². The first kappa shape index (κ1) is 8.16. The van der Waals surface area contributed by atoms with Gasteiger partial charge in [0.05, 0.1) is 0 Å². The Labute approximate surface area is 60.1 Å². The predicted octanol–water partition coefficient (Wildman–Crippen LogP) is 1.30. The average Bonchev–Trinajstić information content (AvgIpc) is 2.12. The highest BCUT2D eigenvalue weighted by Crippen LogP contribution is 2.26. The molecular formula is C4H5F3NOS. The lowest BCUT2D eigenvalue weighted by Crippen LogP contribution is -2.29. The molecule has 0 saturated carbocycles. The third-order valence-corrected chi connectivity index (χ3v) is 1.70. The Morgan fingerprint density at radius 2 is 2.30 bits per heavy atom. The van der Waals surface area contributed by atoms with Gasteiger partial charge in [0.25, 0.3) is 0 Å². The number of hydrogen-bond donors (Lipinski definition) is 1. The summed E-state index contributed by atoms with van der Waals surface area (Å²) in [5, 5.41) is 2.48. The van der Waals surface area contributed by atoms with Crippen LogP contribution in [0.2, 0.25) is 0 Å². The van der Waals surface area contributed by atoms with E-state index in [4.69, 9.17) is 0 Å². The molecule has 1 rings (SSSR count). The molecule has 10 heavy (non-hydrogen) atoms. The molecule has 2 nitrogen and oxygen atoms in total. The van der Waals surface area contributed by atoms with Crippen LogP contribution >= 0.6 is 11.8 Å². The van der Waals surface area contributed by atoms with Crippen LogP contribution in [0, 0.1) is 5.75 Å².